The summed E-state index contributed by atoms with van der Waals surface area (Å²) in [5.41, 5.74) is 0. The Hall–Kier alpha value is -0.570. The Bertz CT molecular complexity index is 205. The van der Waals surface area contributed by atoms with Crippen molar-refractivity contribution >= 4 is 5.91 Å². The molecular weight excluding hydrogens is 164 g/mol. The Balaban J connectivity index is 2.05. The summed E-state index contributed by atoms with van der Waals surface area (Å²) < 4.78 is 0. The third-order valence-corrected chi connectivity index (χ3v) is 3.22. The number of amides is 1. The summed E-state index contributed by atoms with van der Waals surface area (Å²) in [6, 6.07) is 0.582. The van der Waals surface area contributed by atoms with Crippen LogP contribution in [0, 0.1) is 0 Å². The van der Waals surface area contributed by atoms with E-state index in [1.807, 2.05) is 0 Å². The van der Waals surface area contributed by atoms with Crippen LogP contribution in [0.3, 0.4) is 0 Å². The van der Waals surface area contributed by atoms with Gasteiger partial charge in [-0.1, -0.05) is 6.92 Å². The van der Waals surface area contributed by atoms with Gasteiger partial charge in [0.2, 0.25) is 5.91 Å². The van der Waals surface area contributed by atoms with Crippen LogP contribution in [-0.2, 0) is 4.79 Å². The minimum Gasteiger partial charge on any atom is -0.337 e. The number of nitrogens with one attached hydrogen (secondary N) is 1. The Morgan fingerprint density at radius 2 is 2.38 bits per heavy atom. The van der Waals surface area contributed by atoms with Crippen LogP contribution < -0.4 is 5.32 Å². The van der Waals surface area contributed by atoms with Crippen molar-refractivity contribution in [1.29, 1.82) is 0 Å². The second-order valence-corrected chi connectivity index (χ2v) is 4.05. The Kier molecular flexibility index (Phi) is 2.54. The predicted octanol–water partition coefficient (Wildman–Crippen LogP) is 0.749. The van der Waals surface area contributed by atoms with E-state index in [0.717, 1.165) is 19.5 Å². The fraction of sp³-hybridized carbons (Fsp3) is 0.900. The first kappa shape index (κ1) is 9.00. The average molecular weight is 182 g/mol. The summed E-state index contributed by atoms with van der Waals surface area (Å²) in [6.45, 7) is 4.06. The molecule has 0 aromatic rings. The van der Waals surface area contributed by atoms with E-state index in [0.29, 0.717) is 11.9 Å². The molecule has 1 amide bonds. The zero-order valence-corrected chi connectivity index (χ0v) is 8.25. The maximum atomic E-state index is 11.9. The number of piperidine rings is 1. The molecule has 2 atom stereocenters. The molecule has 0 saturated carbocycles. The van der Waals surface area contributed by atoms with E-state index < -0.39 is 0 Å². The van der Waals surface area contributed by atoms with Gasteiger partial charge in [-0.05, 0) is 25.7 Å². The van der Waals surface area contributed by atoms with Crippen LogP contribution in [0.15, 0.2) is 0 Å². The molecule has 2 heterocycles. The monoisotopic (exact) mass is 182 g/mol. The SMILES string of the molecule is CCC1NCC2CCCCN2C1=O. The van der Waals surface area contributed by atoms with E-state index in [-0.39, 0.29) is 6.04 Å². The van der Waals surface area contributed by atoms with Crippen molar-refractivity contribution in [3.05, 3.63) is 0 Å². The molecule has 1 N–H and O–H groups in total. The molecule has 0 spiro atoms. The van der Waals surface area contributed by atoms with E-state index >= 15 is 0 Å². The van der Waals surface area contributed by atoms with Crippen LogP contribution in [0.2, 0.25) is 0 Å². The second kappa shape index (κ2) is 3.66. The molecule has 3 heteroatoms. The van der Waals surface area contributed by atoms with Gasteiger partial charge in [0.05, 0.1) is 6.04 Å². The number of nitrogens with zero attached hydrogens (tertiary/aromatic N) is 1. The average Bonchev–Trinajstić information content (AvgIpc) is 2.19. The van der Waals surface area contributed by atoms with Crippen LogP contribution in [0.25, 0.3) is 0 Å². The molecule has 2 fully saturated rings. The van der Waals surface area contributed by atoms with Crippen molar-refractivity contribution < 1.29 is 4.79 Å². The highest BCUT2D eigenvalue weighted by atomic mass is 16.2. The smallest absolute Gasteiger partial charge is 0.239 e. The van der Waals surface area contributed by atoms with Crippen molar-refractivity contribution in [1.82, 2.24) is 10.2 Å². The van der Waals surface area contributed by atoms with Gasteiger partial charge in [0.25, 0.3) is 0 Å². The normalized spacial score (nSPS) is 34.5. The fourth-order valence-corrected chi connectivity index (χ4v) is 2.39. The molecule has 2 aliphatic rings. The van der Waals surface area contributed by atoms with Gasteiger partial charge in [0.1, 0.15) is 0 Å². The second-order valence-electron chi connectivity index (χ2n) is 4.05. The van der Waals surface area contributed by atoms with Gasteiger partial charge in [0.15, 0.2) is 0 Å². The maximum Gasteiger partial charge on any atom is 0.239 e. The summed E-state index contributed by atoms with van der Waals surface area (Å²) in [6.07, 6.45) is 4.59. The molecule has 0 aromatic heterocycles. The quantitative estimate of drug-likeness (QED) is 0.649. The number of fused-ring (bicyclic) bond motifs is 1. The number of rotatable bonds is 1. The largest absolute Gasteiger partial charge is 0.337 e. The van der Waals surface area contributed by atoms with E-state index in [1.165, 1.54) is 19.3 Å². The maximum absolute atomic E-state index is 11.9. The predicted molar refractivity (Wildman–Crippen MR) is 51.4 cm³/mol. The van der Waals surface area contributed by atoms with E-state index in [4.69, 9.17) is 0 Å². The van der Waals surface area contributed by atoms with Crippen molar-refractivity contribution in [2.24, 2.45) is 0 Å². The summed E-state index contributed by atoms with van der Waals surface area (Å²) in [5.74, 6) is 0.332. The minimum absolute atomic E-state index is 0.0920. The zero-order valence-electron chi connectivity index (χ0n) is 8.25. The van der Waals surface area contributed by atoms with Gasteiger partial charge >= 0.3 is 0 Å². The molecular formula is C10H18N2O. The number of hydrogen-bond donors (Lipinski definition) is 1. The topological polar surface area (TPSA) is 32.3 Å². The molecule has 2 saturated heterocycles. The van der Waals surface area contributed by atoms with Gasteiger partial charge in [-0.25, -0.2) is 0 Å². The van der Waals surface area contributed by atoms with E-state index in [9.17, 15) is 4.79 Å². The van der Waals surface area contributed by atoms with Crippen LogP contribution in [0.4, 0.5) is 0 Å². The lowest BCUT2D eigenvalue weighted by Gasteiger charge is -2.42. The van der Waals surface area contributed by atoms with Crippen LogP contribution in [-0.4, -0.2) is 36.0 Å². The minimum atomic E-state index is 0.0920. The van der Waals surface area contributed by atoms with Gasteiger partial charge < -0.3 is 10.2 Å². The molecule has 0 aliphatic carbocycles. The highest BCUT2D eigenvalue weighted by Gasteiger charge is 2.34. The highest BCUT2D eigenvalue weighted by Crippen LogP contribution is 2.21. The van der Waals surface area contributed by atoms with Gasteiger partial charge in [-0.2, -0.15) is 0 Å². The third kappa shape index (κ3) is 1.57. The standard InChI is InChI=1S/C10H18N2O/c1-2-9-10(13)12-6-4-3-5-8(12)7-11-9/h8-9,11H,2-7H2,1H3. The lowest BCUT2D eigenvalue weighted by atomic mass is 9.97. The third-order valence-electron chi connectivity index (χ3n) is 3.22. The fourth-order valence-electron chi connectivity index (χ4n) is 2.39. The van der Waals surface area contributed by atoms with Gasteiger partial charge in [0, 0.05) is 19.1 Å². The van der Waals surface area contributed by atoms with Crippen LogP contribution in [0.1, 0.15) is 32.6 Å². The molecule has 3 nitrogen and oxygen atoms in total. The number of hydrogen-bond acceptors (Lipinski definition) is 2. The van der Waals surface area contributed by atoms with Gasteiger partial charge in [-0.15, -0.1) is 0 Å². The number of carbonyl (C=O) groups excluding carboxylic acids is 1. The molecule has 13 heavy (non-hydrogen) atoms. The first-order valence-electron chi connectivity index (χ1n) is 5.36. The molecule has 0 bridgehead atoms. The Morgan fingerprint density at radius 1 is 1.54 bits per heavy atom. The van der Waals surface area contributed by atoms with Gasteiger partial charge in [-0.3, -0.25) is 4.79 Å². The zero-order chi connectivity index (χ0) is 9.26. The van der Waals surface area contributed by atoms with E-state index in [2.05, 4.69) is 17.1 Å². The van der Waals surface area contributed by atoms with Crippen molar-refractivity contribution in [2.75, 3.05) is 13.1 Å². The Labute approximate surface area is 79.5 Å². The molecule has 0 radical (unpaired) electrons. The number of carbonyl (C=O) groups is 1. The first-order chi connectivity index (χ1) is 6.33. The van der Waals surface area contributed by atoms with Crippen LogP contribution in [0.5, 0.6) is 0 Å². The van der Waals surface area contributed by atoms with Crippen molar-refractivity contribution in [2.45, 2.75) is 44.7 Å². The molecule has 74 valence electrons. The summed E-state index contributed by atoms with van der Waals surface area (Å²) >= 11 is 0. The lowest BCUT2D eigenvalue weighted by Crippen LogP contribution is -2.61. The summed E-state index contributed by atoms with van der Waals surface area (Å²) in [4.78, 5) is 13.9. The van der Waals surface area contributed by atoms with Crippen molar-refractivity contribution in [3.8, 4) is 0 Å². The molecule has 0 aromatic carbocycles. The molecule has 2 rings (SSSR count). The summed E-state index contributed by atoms with van der Waals surface area (Å²) in [7, 11) is 0. The van der Waals surface area contributed by atoms with Crippen molar-refractivity contribution in [3.63, 3.8) is 0 Å². The molecule has 2 aliphatic heterocycles. The first-order valence-corrected chi connectivity index (χ1v) is 5.36. The Morgan fingerprint density at radius 3 is 3.15 bits per heavy atom. The summed E-state index contributed by atoms with van der Waals surface area (Å²) in [5, 5.41) is 3.33. The van der Waals surface area contributed by atoms with Crippen LogP contribution >= 0.6 is 0 Å². The molecule has 2 unspecified atom stereocenters. The number of piperazine rings is 1. The van der Waals surface area contributed by atoms with E-state index in [1.54, 1.807) is 0 Å². The highest BCUT2D eigenvalue weighted by molar-refractivity contribution is 5.83. The lowest BCUT2D eigenvalue weighted by molar-refractivity contribution is -0.140.